The number of hydrogen-bond donors (Lipinski definition) is 1. The van der Waals surface area contributed by atoms with Crippen LogP contribution < -0.4 is 0 Å². The first-order chi connectivity index (χ1) is 19.2. The molecule has 4 saturated carbocycles. The molecular weight excluding hydrogens is 500 g/mol. The average Bonchev–Trinajstić information content (AvgIpc) is 3.30. The topological polar surface area (TPSA) is 72.8 Å². The first kappa shape index (κ1) is 27.5. The van der Waals surface area contributed by atoms with Crippen molar-refractivity contribution >= 4 is 11.9 Å². The van der Waals surface area contributed by atoms with E-state index in [1.54, 1.807) is 12.1 Å². The van der Waals surface area contributed by atoms with Gasteiger partial charge in [0.1, 0.15) is 12.2 Å². The van der Waals surface area contributed by atoms with Crippen LogP contribution in [0.25, 0.3) is 0 Å². The number of carbonyl (C=O) groups is 2. The lowest BCUT2D eigenvalue weighted by atomic mass is 9.43. The predicted octanol–water partition coefficient (Wildman–Crippen LogP) is 7.09. The maximum absolute atomic E-state index is 12.8. The van der Waals surface area contributed by atoms with E-state index in [4.69, 9.17) is 9.47 Å². The number of rotatable bonds is 5. The van der Waals surface area contributed by atoms with Gasteiger partial charge in [-0.25, -0.2) is 9.59 Å². The third kappa shape index (κ3) is 4.68. The normalized spacial score (nSPS) is 39.2. The minimum absolute atomic E-state index is 0.0391. The Labute approximate surface area is 238 Å². The van der Waals surface area contributed by atoms with Gasteiger partial charge in [-0.15, -0.1) is 0 Å². The van der Waals surface area contributed by atoms with Gasteiger partial charge < -0.3 is 14.6 Å². The molecule has 0 aliphatic heterocycles. The van der Waals surface area contributed by atoms with Gasteiger partial charge in [-0.05, 0) is 117 Å². The fourth-order valence-corrected chi connectivity index (χ4v) is 9.95. The minimum Gasteiger partial charge on any atom is -0.459 e. The molecule has 40 heavy (non-hydrogen) atoms. The Balaban J connectivity index is 1.14. The molecule has 2 aromatic rings. The Kier molecular flexibility index (Phi) is 7.31. The average molecular weight is 545 g/mol. The van der Waals surface area contributed by atoms with Crippen LogP contribution in [0.2, 0.25) is 0 Å². The van der Waals surface area contributed by atoms with Crippen molar-refractivity contribution in [1.29, 1.82) is 0 Å². The summed E-state index contributed by atoms with van der Waals surface area (Å²) in [6.45, 7) is 6.82. The lowest BCUT2D eigenvalue weighted by molar-refractivity contribution is -0.182. The maximum Gasteiger partial charge on any atom is 0.338 e. The molecule has 0 spiro atoms. The fraction of sp³-hybridized carbons (Fsp3) is 0.600. The number of ether oxygens (including phenoxy) is 2. The Morgan fingerprint density at radius 2 is 1.50 bits per heavy atom. The van der Waals surface area contributed by atoms with E-state index in [0.717, 1.165) is 51.4 Å². The van der Waals surface area contributed by atoms with Crippen LogP contribution in [0, 0.1) is 40.4 Å². The van der Waals surface area contributed by atoms with Gasteiger partial charge in [0, 0.05) is 5.92 Å². The van der Waals surface area contributed by atoms with E-state index in [2.05, 4.69) is 13.8 Å². The molecule has 4 aliphatic carbocycles. The van der Waals surface area contributed by atoms with Gasteiger partial charge in [-0.2, -0.15) is 0 Å². The van der Waals surface area contributed by atoms with Crippen LogP contribution in [0.5, 0.6) is 0 Å². The molecule has 0 bridgehead atoms. The number of hydrogen-bond acceptors (Lipinski definition) is 5. The van der Waals surface area contributed by atoms with Crippen LogP contribution in [0.3, 0.4) is 0 Å². The molecule has 0 heterocycles. The molecule has 0 saturated heterocycles. The van der Waals surface area contributed by atoms with Gasteiger partial charge >= 0.3 is 11.9 Å². The van der Waals surface area contributed by atoms with Crippen molar-refractivity contribution in [3.8, 4) is 0 Å². The number of fused-ring (bicyclic) bond motifs is 5. The summed E-state index contributed by atoms with van der Waals surface area (Å²) in [7, 11) is 0. The molecule has 10 atom stereocenters. The zero-order valence-electron chi connectivity index (χ0n) is 24.1. The maximum atomic E-state index is 12.8. The van der Waals surface area contributed by atoms with Crippen LogP contribution >= 0.6 is 0 Å². The minimum atomic E-state index is -0.361. The summed E-state index contributed by atoms with van der Waals surface area (Å²) in [4.78, 5) is 25.6. The summed E-state index contributed by atoms with van der Waals surface area (Å²) >= 11 is 0. The highest BCUT2D eigenvalue weighted by atomic mass is 16.5. The van der Waals surface area contributed by atoms with E-state index in [-0.39, 0.29) is 52.9 Å². The highest BCUT2D eigenvalue weighted by Gasteiger charge is 2.64. The lowest BCUT2D eigenvalue weighted by Crippen LogP contribution is -2.59. The number of aliphatic hydroxyl groups is 1. The summed E-state index contributed by atoms with van der Waals surface area (Å²) in [5.41, 5.74) is 1.22. The Hall–Kier alpha value is -2.66. The summed E-state index contributed by atoms with van der Waals surface area (Å²) in [5.74, 6) is 1.52. The summed E-state index contributed by atoms with van der Waals surface area (Å²) < 4.78 is 12.0. The Morgan fingerprint density at radius 3 is 2.17 bits per heavy atom. The molecule has 5 nitrogen and oxygen atoms in total. The van der Waals surface area contributed by atoms with Gasteiger partial charge in [-0.3, -0.25) is 0 Å². The van der Waals surface area contributed by atoms with Crippen molar-refractivity contribution in [1.82, 2.24) is 0 Å². The molecule has 5 heteroatoms. The quantitative estimate of drug-likeness (QED) is 0.407. The van der Waals surface area contributed by atoms with Crippen LogP contribution in [-0.4, -0.2) is 35.4 Å². The van der Waals surface area contributed by atoms with Gasteiger partial charge in [-0.1, -0.05) is 50.2 Å². The number of benzene rings is 2. The lowest BCUT2D eigenvalue weighted by Gasteiger charge is -2.62. The number of aliphatic hydroxyl groups excluding tert-OH is 1. The SMILES string of the molecule is C[C@H](OC(=O)c1ccccc1)[C@H]1CC[C@H]2[C@@H]3CC[C@H]4C[C@H](OC(=O)c5ccccc5)CC[C@]4(C)[C@H]3[C@H](O)C[C@]12C. The summed E-state index contributed by atoms with van der Waals surface area (Å²) in [6, 6.07) is 18.5. The smallest absolute Gasteiger partial charge is 0.338 e. The van der Waals surface area contributed by atoms with Crippen LogP contribution in [0.4, 0.5) is 0 Å². The highest BCUT2D eigenvalue weighted by Crippen LogP contribution is 2.68. The van der Waals surface area contributed by atoms with Crippen molar-refractivity contribution in [2.75, 3.05) is 0 Å². The molecule has 0 amide bonds. The highest BCUT2D eigenvalue weighted by molar-refractivity contribution is 5.89. The van der Waals surface area contributed by atoms with Crippen molar-refractivity contribution < 1.29 is 24.2 Å². The Bertz CT molecular complexity index is 1210. The van der Waals surface area contributed by atoms with Gasteiger partial charge in [0.15, 0.2) is 0 Å². The van der Waals surface area contributed by atoms with Crippen LogP contribution in [0.15, 0.2) is 60.7 Å². The standard InChI is InChI=1S/C35H44O5/c1-22(39-32(37)23-10-6-4-7-11-23)28-16-17-29-27-15-14-25-20-26(40-33(38)24-12-8-5-9-13-24)18-19-34(25,2)31(27)30(36)21-35(28,29)3/h4-13,22,25-31,36H,14-21H2,1-3H3/t22-,25-,26+,27-,28+,29-,30+,31+,34-,35+/m0/s1. The van der Waals surface area contributed by atoms with Crippen LogP contribution in [0.1, 0.15) is 92.9 Å². The van der Waals surface area contributed by atoms with Crippen LogP contribution in [-0.2, 0) is 9.47 Å². The fourth-order valence-electron chi connectivity index (χ4n) is 9.95. The molecule has 4 fully saturated rings. The molecule has 6 rings (SSSR count). The van der Waals surface area contributed by atoms with Gasteiger partial charge in [0.2, 0.25) is 0 Å². The number of esters is 2. The van der Waals surface area contributed by atoms with Crippen molar-refractivity contribution in [2.45, 2.75) is 90.4 Å². The molecule has 214 valence electrons. The molecule has 2 aromatic carbocycles. The molecule has 0 radical (unpaired) electrons. The third-order valence-electron chi connectivity index (χ3n) is 11.8. The zero-order valence-corrected chi connectivity index (χ0v) is 24.1. The van der Waals surface area contributed by atoms with E-state index < -0.39 is 0 Å². The van der Waals surface area contributed by atoms with Crippen molar-refractivity contribution in [3.63, 3.8) is 0 Å². The van der Waals surface area contributed by atoms with E-state index in [1.807, 2.05) is 55.5 Å². The van der Waals surface area contributed by atoms with Gasteiger partial charge in [0.05, 0.1) is 17.2 Å². The second-order valence-electron chi connectivity index (χ2n) is 13.7. The van der Waals surface area contributed by atoms with Crippen molar-refractivity contribution in [2.24, 2.45) is 40.4 Å². The number of carbonyl (C=O) groups excluding carboxylic acids is 2. The zero-order chi connectivity index (χ0) is 28.1. The van der Waals surface area contributed by atoms with E-state index in [0.29, 0.717) is 28.9 Å². The predicted molar refractivity (Wildman–Crippen MR) is 154 cm³/mol. The Morgan fingerprint density at radius 1 is 0.850 bits per heavy atom. The monoisotopic (exact) mass is 544 g/mol. The van der Waals surface area contributed by atoms with Gasteiger partial charge in [0.25, 0.3) is 0 Å². The van der Waals surface area contributed by atoms with Crippen molar-refractivity contribution in [3.05, 3.63) is 71.8 Å². The largest absolute Gasteiger partial charge is 0.459 e. The first-order valence-corrected chi connectivity index (χ1v) is 15.4. The molecule has 1 N–H and O–H groups in total. The second kappa shape index (κ2) is 10.6. The second-order valence-corrected chi connectivity index (χ2v) is 13.7. The van der Waals surface area contributed by atoms with E-state index in [1.165, 1.54) is 0 Å². The van der Waals surface area contributed by atoms with E-state index >= 15 is 0 Å². The summed E-state index contributed by atoms with van der Waals surface area (Å²) in [6.07, 6.45) is 7.33. The third-order valence-corrected chi connectivity index (χ3v) is 11.8. The molecular formula is C35H44O5. The summed E-state index contributed by atoms with van der Waals surface area (Å²) in [5, 5.41) is 11.8. The van der Waals surface area contributed by atoms with E-state index in [9.17, 15) is 14.7 Å². The molecule has 4 aliphatic rings. The first-order valence-electron chi connectivity index (χ1n) is 15.4. The molecule has 0 unspecified atom stereocenters. The molecule has 0 aromatic heterocycles.